The Morgan fingerprint density at radius 3 is 3.09 bits per heavy atom. The van der Waals surface area contributed by atoms with Gasteiger partial charge < -0.3 is 4.90 Å². The van der Waals surface area contributed by atoms with Gasteiger partial charge in [-0.15, -0.1) is 0 Å². The van der Waals surface area contributed by atoms with Crippen LogP contribution in [0.3, 0.4) is 0 Å². The van der Waals surface area contributed by atoms with Crippen molar-refractivity contribution < 1.29 is 9.18 Å². The van der Waals surface area contributed by atoms with Gasteiger partial charge >= 0.3 is 0 Å². The highest BCUT2D eigenvalue weighted by Gasteiger charge is 2.25. The summed E-state index contributed by atoms with van der Waals surface area (Å²) in [6, 6.07) is 8.29. The molecule has 5 heteroatoms. The van der Waals surface area contributed by atoms with Gasteiger partial charge in [0, 0.05) is 18.5 Å². The summed E-state index contributed by atoms with van der Waals surface area (Å²) in [5.74, 6) is 1.15. The van der Waals surface area contributed by atoms with E-state index in [-0.39, 0.29) is 17.2 Å². The zero-order valence-corrected chi connectivity index (χ0v) is 13.4. The number of nitrogens with zero attached hydrogens (tertiary/aromatic N) is 2. The average molecular weight is 318 g/mol. The number of aromatic nitrogens is 1. The minimum absolute atomic E-state index is 0.0871. The third kappa shape index (κ3) is 3.09. The summed E-state index contributed by atoms with van der Waals surface area (Å²) >= 11 is 1.82. The summed E-state index contributed by atoms with van der Waals surface area (Å²) < 4.78 is 13.8. The molecule has 3 rings (SSSR count). The van der Waals surface area contributed by atoms with Gasteiger partial charge in [-0.05, 0) is 42.9 Å². The number of pyridine rings is 1. The Kier molecular flexibility index (Phi) is 4.62. The highest BCUT2D eigenvalue weighted by atomic mass is 32.2. The lowest BCUT2D eigenvalue weighted by Gasteiger charge is -2.32. The number of fused-ring (bicyclic) bond motifs is 1. The number of piperidine rings is 1. The number of hydrogen-bond acceptors (Lipinski definition) is 3. The summed E-state index contributed by atoms with van der Waals surface area (Å²) in [5, 5.41) is 0.718. The number of thioether (sulfide) groups is 1. The third-order valence-corrected chi connectivity index (χ3v) is 4.90. The minimum Gasteiger partial charge on any atom is -0.337 e. The van der Waals surface area contributed by atoms with Crippen LogP contribution >= 0.6 is 11.8 Å². The van der Waals surface area contributed by atoms with Crippen molar-refractivity contribution in [3.8, 4) is 0 Å². The maximum Gasteiger partial charge on any atom is 0.272 e. The van der Waals surface area contributed by atoms with Gasteiger partial charge in [-0.1, -0.05) is 18.2 Å². The van der Waals surface area contributed by atoms with E-state index in [1.165, 1.54) is 12.5 Å². The van der Waals surface area contributed by atoms with Crippen LogP contribution in [0.2, 0.25) is 0 Å². The van der Waals surface area contributed by atoms with Crippen LogP contribution < -0.4 is 0 Å². The van der Waals surface area contributed by atoms with E-state index in [9.17, 15) is 9.18 Å². The van der Waals surface area contributed by atoms with Crippen LogP contribution in [0.5, 0.6) is 0 Å². The fourth-order valence-electron chi connectivity index (χ4n) is 3.01. The van der Waals surface area contributed by atoms with E-state index in [0.717, 1.165) is 30.6 Å². The van der Waals surface area contributed by atoms with Crippen molar-refractivity contribution in [2.45, 2.75) is 12.8 Å². The molecule has 0 N–H and O–H groups in total. The molecule has 1 amide bonds. The Bertz CT molecular complexity index is 689. The largest absolute Gasteiger partial charge is 0.337 e. The lowest BCUT2D eigenvalue weighted by atomic mass is 9.99. The normalized spacial score (nSPS) is 18.6. The van der Waals surface area contributed by atoms with Gasteiger partial charge in [0.15, 0.2) is 0 Å². The summed E-state index contributed by atoms with van der Waals surface area (Å²) in [7, 11) is 0. The molecule has 2 heterocycles. The second kappa shape index (κ2) is 6.65. The maximum absolute atomic E-state index is 13.8. The fourth-order valence-corrected chi connectivity index (χ4v) is 3.76. The zero-order chi connectivity index (χ0) is 15.5. The van der Waals surface area contributed by atoms with E-state index in [1.807, 2.05) is 16.7 Å². The zero-order valence-electron chi connectivity index (χ0n) is 12.6. The predicted octanol–water partition coefficient (Wildman–Crippen LogP) is 3.59. The van der Waals surface area contributed by atoms with Crippen LogP contribution in [0.4, 0.5) is 4.39 Å². The van der Waals surface area contributed by atoms with Crippen molar-refractivity contribution in [3.63, 3.8) is 0 Å². The molecule has 1 saturated heterocycles. The number of likely N-dealkylation sites (tertiary alicyclic amines) is 1. The van der Waals surface area contributed by atoms with Gasteiger partial charge in [-0.3, -0.25) is 4.79 Å². The van der Waals surface area contributed by atoms with E-state index >= 15 is 0 Å². The van der Waals surface area contributed by atoms with Crippen LogP contribution in [-0.2, 0) is 0 Å². The number of para-hydroxylation sites is 1. The second-order valence-corrected chi connectivity index (χ2v) is 6.63. The van der Waals surface area contributed by atoms with Crippen molar-refractivity contribution >= 4 is 28.6 Å². The molecule has 1 atom stereocenters. The number of benzene rings is 1. The molecule has 0 bridgehead atoms. The molecule has 1 aliphatic heterocycles. The minimum atomic E-state index is -0.383. The molecular weight excluding hydrogens is 299 g/mol. The van der Waals surface area contributed by atoms with Crippen molar-refractivity contribution in [1.29, 1.82) is 0 Å². The molecule has 1 aliphatic rings. The Morgan fingerprint density at radius 1 is 1.41 bits per heavy atom. The first-order valence-corrected chi connectivity index (χ1v) is 8.92. The Hall–Kier alpha value is -1.62. The molecule has 1 fully saturated rings. The van der Waals surface area contributed by atoms with E-state index in [4.69, 9.17) is 0 Å². The van der Waals surface area contributed by atoms with Gasteiger partial charge in [0.2, 0.25) is 0 Å². The van der Waals surface area contributed by atoms with Crippen molar-refractivity contribution in [3.05, 3.63) is 41.8 Å². The topological polar surface area (TPSA) is 33.2 Å². The first-order valence-electron chi connectivity index (χ1n) is 7.52. The van der Waals surface area contributed by atoms with E-state index in [0.29, 0.717) is 11.6 Å². The summed E-state index contributed by atoms with van der Waals surface area (Å²) in [6.45, 7) is 1.54. The highest BCUT2D eigenvalue weighted by molar-refractivity contribution is 7.98. The Labute approximate surface area is 133 Å². The van der Waals surface area contributed by atoms with Crippen LogP contribution in [-0.4, -0.2) is 40.9 Å². The van der Waals surface area contributed by atoms with Crippen LogP contribution in [0.1, 0.15) is 23.3 Å². The molecule has 3 nitrogen and oxygen atoms in total. The lowest BCUT2D eigenvalue weighted by molar-refractivity contribution is 0.0680. The van der Waals surface area contributed by atoms with E-state index in [2.05, 4.69) is 11.2 Å². The van der Waals surface area contributed by atoms with Crippen LogP contribution in [0.15, 0.2) is 30.3 Å². The Morgan fingerprint density at radius 2 is 2.27 bits per heavy atom. The average Bonchev–Trinajstić information content (AvgIpc) is 2.55. The van der Waals surface area contributed by atoms with Crippen molar-refractivity contribution in [2.24, 2.45) is 5.92 Å². The molecule has 116 valence electrons. The number of hydrogen-bond donors (Lipinski definition) is 0. The van der Waals surface area contributed by atoms with Crippen LogP contribution in [0.25, 0.3) is 10.9 Å². The van der Waals surface area contributed by atoms with Crippen LogP contribution in [0, 0.1) is 11.7 Å². The van der Waals surface area contributed by atoms with Crippen molar-refractivity contribution in [2.75, 3.05) is 25.1 Å². The van der Waals surface area contributed by atoms with E-state index in [1.54, 1.807) is 24.3 Å². The number of rotatable bonds is 3. The standard InChI is InChI=1S/C17H19FN2OS/c1-22-11-12-4-3-9-20(10-12)17(21)15-8-7-13-5-2-6-14(18)16(13)19-15/h2,5-8,12H,3-4,9-11H2,1H3/t12-/m0/s1. The molecule has 22 heavy (non-hydrogen) atoms. The second-order valence-electron chi connectivity index (χ2n) is 5.72. The molecule has 2 aromatic rings. The van der Waals surface area contributed by atoms with Gasteiger partial charge in [-0.2, -0.15) is 11.8 Å². The number of amides is 1. The molecule has 0 radical (unpaired) electrons. The lowest BCUT2D eigenvalue weighted by Crippen LogP contribution is -2.40. The monoisotopic (exact) mass is 318 g/mol. The number of carbonyl (C=O) groups is 1. The summed E-state index contributed by atoms with van der Waals surface area (Å²) in [5.41, 5.74) is 0.605. The first kappa shape index (κ1) is 15.3. The third-order valence-electron chi connectivity index (χ3n) is 4.10. The van der Waals surface area contributed by atoms with Gasteiger partial charge in [0.25, 0.3) is 5.91 Å². The van der Waals surface area contributed by atoms with Crippen molar-refractivity contribution in [1.82, 2.24) is 9.88 Å². The summed E-state index contributed by atoms with van der Waals surface area (Å²) in [6.07, 6.45) is 4.29. The molecule has 1 aromatic carbocycles. The molecule has 1 aromatic heterocycles. The fraction of sp³-hybridized carbons (Fsp3) is 0.412. The molecule has 0 aliphatic carbocycles. The molecule has 0 unspecified atom stereocenters. The number of halogens is 1. The smallest absolute Gasteiger partial charge is 0.272 e. The number of carbonyl (C=O) groups excluding carboxylic acids is 1. The predicted molar refractivity (Wildman–Crippen MR) is 88.7 cm³/mol. The van der Waals surface area contributed by atoms with Gasteiger partial charge in [-0.25, -0.2) is 9.37 Å². The maximum atomic E-state index is 13.8. The molecular formula is C17H19FN2OS. The highest BCUT2D eigenvalue weighted by Crippen LogP contribution is 2.22. The van der Waals surface area contributed by atoms with Gasteiger partial charge in [0.05, 0.1) is 0 Å². The first-order chi connectivity index (χ1) is 10.7. The quantitative estimate of drug-likeness (QED) is 0.867. The van der Waals surface area contributed by atoms with Gasteiger partial charge in [0.1, 0.15) is 17.0 Å². The molecule has 0 spiro atoms. The Balaban J connectivity index is 1.84. The van der Waals surface area contributed by atoms with E-state index < -0.39 is 0 Å². The summed E-state index contributed by atoms with van der Waals surface area (Å²) in [4.78, 5) is 18.7. The molecule has 0 saturated carbocycles. The SMILES string of the molecule is CSC[C@H]1CCCN(C(=O)c2ccc3cccc(F)c3n2)C1.